The number of rotatable bonds is 5. The first-order valence-corrected chi connectivity index (χ1v) is 5.95. The van der Waals surface area contributed by atoms with E-state index >= 15 is 0 Å². The molecule has 1 saturated carbocycles. The lowest BCUT2D eigenvalue weighted by atomic mass is 10.1. The van der Waals surface area contributed by atoms with Crippen LogP contribution in [-0.4, -0.2) is 34.0 Å². The molecule has 1 aliphatic carbocycles. The summed E-state index contributed by atoms with van der Waals surface area (Å²) in [5, 5.41) is 16.7. The minimum absolute atomic E-state index is 0.102. The molecule has 0 aromatic carbocycles. The normalized spacial score (nSPS) is 26.5. The molecule has 3 unspecified atom stereocenters. The van der Waals surface area contributed by atoms with E-state index in [0.717, 1.165) is 0 Å². The van der Waals surface area contributed by atoms with Gasteiger partial charge in [0.05, 0.1) is 17.4 Å². The topological polar surface area (TPSA) is 79.2 Å². The van der Waals surface area contributed by atoms with Gasteiger partial charge in [0.1, 0.15) is 6.10 Å². The third-order valence-electron chi connectivity index (χ3n) is 3.20. The van der Waals surface area contributed by atoms with Crippen molar-refractivity contribution in [3.05, 3.63) is 0 Å². The van der Waals surface area contributed by atoms with Crippen molar-refractivity contribution in [2.75, 3.05) is 0 Å². The van der Waals surface area contributed by atoms with Gasteiger partial charge in [0.2, 0.25) is 0 Å². The summed E-state index contributed by atoms with van der Waals surface area (Å²) in [4.78, 5) is 16.5. The summed E-state index contributed by atoms with van der Waals surface area (Å²) in [5.41, 5.74) is 0. The van der Waals surface area contributed by atoms with Crippen LogP contribution in [0.5, 0.6) is 0 Å². The maximum atomic E-state index is 11.8. The summed E-state index contributed by atoms with van der Waals surface area (Å²) in [7, 11) is 0. The molecule has 3 atom stereocenters. The van der Waals surface area contributed by atoms with Crippen LogP contribution in [0.2, 0.25) is 0 Å². The Bertz CT molecular complexity index is 256. The summed E-state index contributed by atoms with van der Waals surface area (Å²) in [5.74, 6) is -0.140. The van der Waals surface area contributed by atoms with Gasteiger partial charge in [-0.05, 0) is 32.1 Å². The lowest BCUT2D eigenvalue weighted by Gasteiger charge is -2.19. The minimum atomic E-state index is -0.336. The number of nitrogens with zero attached hydrogens (tertiary/aromatic N) is 1. The molecular weight excluding hydrogens is 226 g/mol. The van der Waals surface area contributed by atoms with Gasteiger partial charge in [0.15, 0.2) is 0 Å². The Hall–Kier alpha value is -0.690. The Morgan fingerprint density at radius 1 is 1.29 bits per heavy atom. The maximum Gasteiger partial charge on any atom is 0.309 e. The number of carbonyl (C=O) groups excluding carboxylic acids is 1. The van der Waals surface area contributed by atoms with Crippen molar-refractivity contribution in [2.45, 2.75) is 52.2 Å². The summed E-state index contributed by atoms with van der Waals surface area (Å²) in [6.07, 6.45) is 1.29. The summed E-state index contributed by atoms with van der Waals surface area (Å²) in [6.45, 7) is 5.86. The van der Waals surface area contributed by atoms with Gasteiger partial charge in [-0.25, -0.2) is 4.84 Å². The number of carbonyl (C=O) groups is 1. The molecule has 0 heterocycles. The van der Waals surface area contributed by atoms with Gasteiger partial charge in [-0.15, -0.1) is 0 Å². The van der Waals surface area contributed by atoms with Gasteiger partial charge < -0.3 is 4.74 Å². The van der Waals surface area contributed by atoms with Crippen molar-refractivity contribution in [1.29, 1.82) is 0 Å². The van der Waals surface area contributed by atoms with E-state index in [4.69, 9.17) is 15.2 Å². The maximum absolute atomic E-state index is 11.8. The number of esters is 1. The van der Waals surface area contributed by atoms with E-state index in [9.17, 15) is 4.79 Å². The van der Waals surface area contributed by atoms with Gasteiger partial charge >= 0.3 is 5.97 Å². The zero-order valence-electron chi connectivity index (χ0n) is 10.5. The summed E-state index contributed by atoms with van der Waals surface area (Å²) < 4.78 is 5.32. The average molecular weight is 247 g/mol. The van der Waals surface area contributed by atoms with Gasteiger partial charge in [0, 0.05) is 0 Å². The second-order valence-corrected chi connectivity index (χ2v) is 4.88. The smallest absolute Gasteiger partial charge is 0.309 e. The van der Waals surface area contributed by atoms with Crippen LogP contribution >= 0.6 is 0 Å². The van der Waals surface area contributed by atoms with E-state index in [1.54, 1.807) is 0 Å². The largest absolute Gasteiger partial charge is 0.462 e. The Balaban J connectivity index is 2.35. The third kappa shape index (κ3) is 4.59. The molecule has 1 aliphatic rings. The molecule has 100 valence electrons. The lowest BCUT2D eigenvalue weighted by molar-refractivity contribution is -0.504. The first kappa shape index (κ1) is 14.4. The van der Waals surface area contributed by atoms with Crippen molar-refractivity contribution in [1.82, 2.24) is 5.39 Å². The molecule has 1 rings (SSSR count). The molecule has 0 saturated heterocycles. The fraction of sp³-hybridized carbons (Fsp3) is 0.909. The molecule has 1 fully saturated rings. The van der Waals surface area contributed by atoms with Crippen molar-refractivity contribution >= 4 is 5.97 Å². The fourth-order valence-electron chi connectivity index (χ4n) is 1.80. The van der Waals surface area contributed by atoms with E-state index in [1.165, 1.54) is 0 Å². The standard InChI is InChI=1S/C11H21NO5/c1-7(2)8(3)16-11(13)9-4-5-10(6-9)17-12(14)15/h7-10,14-15H,4-6H2,1-3H3. The first-order chi connectivity index (χ1) is 7.90. The molecule has 2 N–H and O–H groups in total. The Morgan fingerprint density at radius 2 is 1.94 bits per heavy atom. The van der Waals surface area contributed by atoms with Crippen molar-refractivity contribution in [3.8, 4) is 0 Å². The Morgan fingerprint density at radius 3 is 2.47 bits per heavy atom. The number of hydrogen-bond acceptors (Lipinski definition) is 6. The van der Waals surface area contributed by atoms with Crippen molar-refractivity contribution < 1.29 is 24.8 Å². The highest BCUT2D eigenvalue weighted by molar-refractivity contribution is 5.73. The fourth-order valence-corrected chi connectivity index (χ4v) is 1.80. The first-order valence-electron chi connectivity index (χ1n) is 5.95. The molecule has 0 amide bonds. The number of hydrogen-bond donors (Lipinski definition) is 2. The van der Waals surface area contributed by atoms with Gasteiger partial charge in [-0.1, -0.05) is 13.8 Å². The van der Waals surface area contributed by atoms with E-state index < -0.39 is 0 Å². The van der Waals surface area contributed by atoms with Gasteiger partial charge in [-0.3, -0.25) is 15.2 Å². The minimum Gasteiger partial charge on any atom is -0.462 e. The molecule has 0 spiro atoms. The second-order valence-electron chi connectivity index (χ2n) is 4.88. The molecule has 0 aromatic heterocycles. The molecule has 6 nitrogen and oxygen atoms in total. The zero-order valence-corrected chi connectivity index (χ0v) is 10.5. The van der Waals surface area contributed by atoms with Gasteiger partial charge in [-0.2, -0.15) is 0 Å². The van der Waals surface area contributed by atoms with E-state index in [1.807, 2.05) is 20.8 Å². The molecule has 0 radical (unpaired) electrons. The van der Waals surface area contributed by atoms with Crippen molar-refractivity contribution in [3.63, 3.8) is 0 Å². The lowest BCUT2D eigenvalue weighted by Crippen LogP contribution is -2.26. The van der Waals surface area contributed by atoms with Crippen LogP contribution < -0.4 is 0 Å². The molecular formula is C11H21NO5. The van der Waals surface area contributed by atoms with Crippen molar-refractivity contribution in [2.24, 2.45) is 11.8 Å². The van der Waals surface area contributed by atoms with E-state index in [0.29, 0.717) is 19.3 Å². The molecule has 6 heteroatoms. The van der Waals surface area contributed by atoms with Crippen LogP contribution in [0.25, 0.3) is 0 Å². The van der Waals surface area contributed by atoms with E-state index in [-0.39, 0.29) is 35.4 Å². The van der Waals surface area contributed by atoms with Crippen LogP contribution in [0.15, 0.2) is 0 Å². The third-order valence-corrected chi connectivity index (χ3v) is 3.20. The predicted molar refractivity (Wildman–Crippen MR) is 58.0 cm³/mol. The highest BCUT2D eigenvalue weighted by atomic mass is 17.1. The molecule has 0 bridgehead atoms. The Kier molecular flexibility index (Phi) is 5.32. The second kappa shape index (κ2) is 6.30. The van der Waals surface area contributed by atoms with Crippen LogP contribution in [-0.2, 0) is 14.4 Å². The zero-order chi connectivity index (χ0) is 13.0. The summed E-state index contributed by atoms with van der Waals surface area (Å²) >= 11 is 0. The van der Waals surface area contributed by atoms with Gasteiger partial charge in [0.25, 0.3) is 0 Å². The molecule has 17 heavy (non-hydrogen) atoms. The Labute approximate surface area is 101 Å². The highest BCUT2D eigenvalue weighted by Crippen LogP contribution is 2.29. The van der Waals surface area contributed by atoms with E-state index in [2.05, 4.69) is 4.84 Å². The average Bonchev–Trinajstić information content (AvgIpc) is 2.64. The molecule has 0 aliphatic heterocycles. The van der Waals surface area contributed by atoms with Crippen LogP contribution in [0.3, 0.4) is 0 Å². The summed E-state index contributed by atoms with van der Waals surface area (Å²) in [6, 6.07) is 0. The van der Waals surface area contributed by atoms with Crippen LogP contribution in [0.1, 0.15) is 40.0 Å². The monoisotopic (exact) mass is 247 g/mol. The SMILES string of the molecule is CC(C)C(C)OC(=O)C1CCC(ON(O)O)C1. The quantitative estimate of drug-likeness (QED) is 0.569. The van der Waals surface area contributed by atoms with Crippen LogP contribution in [0, 0.1) is 11.8 Å². The van der Waals surface area contributed by atoms with Crippen LogP contribution in [0.4, 0.5) is 0 Å². The number of ether oxygens (including phenoxy) is 1. The highest BCUT2D eigenvalue weighted by Gasteiger charge is 2.33. The predicted octanol–water partition coefficient (Wildman–Crippen LogP) is 1.75. The molecule has 0 aromatic rings.